The van der Waals surface area contributed by atoms with Gasteiger partial charge in [-0.25, -0.2) is 0 Å². The lowest BCUT2D eigenvalue weighted by atomic mass is 9.70. The van der Waals surface area contributed by atoms with Gasteiger partial charge in [-0.2, -0.15) is 0 Å². The molecular weight excluding hydrogens is 232 g/mol. The molecule has 0 amide bonds. The van der Waals surface area contributed by atoms with Crippen LogP contribution in [0.25, 0.3) is 0 Å². The van der Waals surface area contributed by atoms with Crippen LogP contribution < -0.4 is 10.6 Å². The lowest BCUT2D eigenvalue weighted by molar-refractivity contribution is 0.177. The highest BCUT2D eigenvalue weighted by molar-refractivity contribution is 5.49. The van der Waals surface area contributed by atoms with Crippen LogP contribution in [0.15, 0.2) is 30.3 Å². The fourth-order valence-corrected chi connectivity index (χ4v) is 3.98. The first kappa shape index (κ1) is 14.4. The summed E-state index contributed by atoms with van der Waals surface area (Å²) in [4.78, 5) is 2.57. The number of nitrogens with zero attached hydrogens (tertiary/aromatic N) is 1. The van der Waals surface area contributed by atoms with Crippen molar-refractivity contribution in [1.29, 1.82) is 0 Å². The summed E-state index contributed by atoms with van der Waals surface area (Å²) >= 11 is 0. The van der Waals surface area contributed by atoms with E-state index < -0.39 is 0 Å². The lowest BCUT2D eigenvalue weighted by Crippen LogP contribution is -2.60. The molecule has 0 aromatic heterocycles. The van der Waals surface area contributed by atoms with Crippen LogP contribution in [0, 0.1) is 5.92 Å². The Morgan fingerprint density at radius 1 is 1.21 bits per heavy atom. The minimum atomic E-state index is 0.170. The van der Waals surface area contributed by atoms with Crippen LogP contribution in [-0.4, -0.2) is 18.6 Å². The second kappa shape index (κ2) is 6.42. The van der Waals surface area contributed by atoms with Crippen LogP contribution in [-0.2, 0) is 0 Å². The minimum Gasteiger partial charge on any atom is -0.365 e. The zero-order valence-electron chi connectivity index (χ0n) is 12.4. The maximum Gasteiger partial charge on any atom is 0.0552 e. The first-order valence-corrected chi connectivity index (χ1v) is 7.81. The summed E-state index contributed by atoms with van der Waals surface area (Å²) in [5.74, 6) is 0.728. The second-order valence-electron chi connectivity index (χ2n) is 5.74. The Labute approximate surface area is 118 Å². The number of nitrogens with two attached hydrogens (primary N) is 1. The molecule has 1 aromatic rings. The minimum absolute atomic E-state index is 0.170. The molecule has 0 spiro atoms. The van der Waals surface area contributed by atoms with Crippen molar-refractivity contribution in [3.8, 4) is 0 Å². The topological polar surface area (TPSA) is 29.3 Å². The Kier molecular flexibility index (Phi) is 4.87. The van der Waals surface area contributed by atoms with E-state index in [1.54, 1.807) is 0 Å². The average Bonchev–Trinajstić information content (AvgIpc) is 2.49. The lowest BCUT2D eigenvalue weighted by Gasteiger charge is -2.52. The summed E-state index contributed by atoms with van der Waals surface area (Å²) in [5, 5.41) is 0. The quantitative estimate of drug-likeness (QED) is 0.872. The molecule has 0 saturated heterocycles. The predicted molar refractivity (Wildman–Crippen MR) is 83.5 cm³/mol. The van der Waals surface area contributed by atoms with Gasteiger partial charge >= 0.3 is 0 Å². The SMILES string of the molecule is CCC1CCCCC1(CN)N(CC)c1ccccc1. The Bertz CT molecular complexity index is 376. The Morgan fingerprint density at radius 3 is 2.53 bits per heavy atom. The van der Waals surface area contributed by atoms with Crippen molar-refractivity contribution in [2.45, 2.75) is 51.5 Å². The molecule has 2 heteroatoms. The molecular formula is C17H28N2. The number of hydrogen-bond acceptors (Lipinski definition) is 2. The zero-order chi connectivity index (χ0) is 13.7. The fraction of sp³-hybridized carbons (Fsp3) is 0.647. The molecule has 1 fully saturated rings. The van der Waals surface area contributed by atoms with Gasteiger partial charge in [0.05, 0.1) is 5.54 Å². The van der Waals surface area contributed by atoms with Gasteiger partial charge in [-0.15, -0.1) is 0 Å². The molecule has 2 unspecified atom stereocenters. The molecule has 2 nitrogen and oxygen atoms in total. The first-order valence-electron chi connectivity index (χ1n) is 7.81. The molecule has 0 radical (unpaired) electrons. The number of benzene rings is 1. The number of hydrogen-bond donors (Lipinski definition) is 1. The molecule has 0 aliphatic heterocycles. The van der Waals surface area contributed by atoms with Crippen LogP contribution >= 0.6 is 0 Å². The van der Waals surface area contributed by atoms with Crippen LogP contribution in [0.1, 0.15) is 46.0 Å². The van der Waals surface area contributed by atoms with Crippen molar-refractivity contribution in [1.82, 2.24) is 0 Å². The standard InChI is InChI=1S/C17H28N2/c1-3-15-10-8-9-13-17(15,14-18)19(4-2)16-11-6-5-7-12-16/h5-7,11-12,15H,3-4,8-10,13-14,18H2,1-2H3. The van der Waals surface area contributed by atoms with Gasteiger partial charge in [0.25, 0.3) is 0 Å². The van der Waals surface area contributed by atoms with Crippen molar-refractivity contribution in [2.24, 2.45) is 11.7 Å². The molecule has 0 bridgehead atoms. The summed E-state index contributed by atoms with van der Waals surface area (Å²) in [6, 6.07) is 10.8. The van der Waals surface area contributed by atoms with E-state index in [2.05, 4.69) is 49.1 Å². The van der Waals surface area contributed by atoms with Gasteiger partial charge in [0.15, 0.2) is 0 Å². The van der Waals surface area contributed by atoms with Crippen LogP contribution in [0.5, 0.6) is 0 Å². The largest absolute Gasteiger partial charge is 0.365 e. The third-order valence-electron chi connectivity index (χ3n) is 4.94. The number of rotatable bonds is 5. The van der Waals surface area contributed by atoms with Crippen molar-refractivity contribution in [3.63, 3.8) is 0 Å². The van der Waals surface area contributed by atoms with E-state index in [4.69, 9.17) is 5.73 Å². The van der Waals surface area contributed by atoms with E-state index in [0.717, 1.165) is 19.0 Å². The molecule has 1 aliphatic rings. The Balaban J connectivity index is 2.36. The van der Waals surface area contributed by atoms with Gasteiger partial charge in [-0.05, 0) is 37.8 Å². The number of likely N-dealkylation sites (N-methyl/N-ethyl adjacent to an activating group) is 1. The van der Waals surface area contributed by atoms with Crippen LogP contribution in [0.3, 0.4) is 0 Å². The molecule has 1 saturated carbocycles. The van der Waals surface area contributed by atoms with E-state index in [-0.39, 0.29) is 5.54 Å². The molecule has 2 atom stereocenters. The average molecular weight is 260 g/mol. The number of para-hydroxylation sites is 1. The maximum atomic E-state index is 6.28. The van der Waals surface area contributed by atoms with Crippen molar-refractivity contribution in [3.05, 3.63) is 30.3 Å². The Hall–Kier alpha value is -1.02. The summed E-state index contributed by atoms with van der Waals surface area (Å²) < 4.78 is 0. The molecule has 19 heavy (non-hydrogen) atoms. The third-order valence-corrected chi connectivity index (χ3v) is 4.94. The molecule has 1 aliphatic carbocycles. The van der Waals surface area contributed by atoms with E-state index in [1.165, 1.54) is 37.8 Å². The Morgan fingerprint density at radius 2 is 1.95 bits per heavy atom. The zero-order valence-corrected chi connectivity index (χ0v) is 12.4. The van der Waals surface area contributed by atoms with Gasteiger partial charge in [0.2, 0.25) is 0 Å². The third kappa shape index (κ3) is 2.64. The van der Waals surface area contributed by atoms with Gasteiger partial charge < -0.3 is 10.6 Å². The highest BCUT2D eigenvalue weighted by atomic mass is 15.2. The number of anilines is 1. The van der Waals surface area contributed by atoms with Gasteiger partial charge in [-0.1, -0.05) is 44.4 Å². The van der Waals surface area contributed by atoms with Crippen LogP contribution in [0.4, 0.5) is 5.69 Å². The maximum absolute atomic E-state index is 6.28. The van der Waals surface area contributed by atoms with Crippen molar-refractivity contribution in [2.75, 3.05) is 18.0 Å². The molecule has 106 valence electrons. The second-order valence-corrected chi connectivity index (χ2v) is 5.74. The monoisotopic (exact) mass is 260 g/mol. The summed E-state index contributed by atoms with van der Waals surface area (Å²) in [5.41, 5.74) is 7.78. The summed E-state index contributed by atoms with van der Waals surface area (Å²) in [7, 11) is 0. The first-order chi connectivity index (χ1) is 9.28. The van der Waals surface area contributed by atoms with E-state index in [1.807, 2.05) is 0 Å². The molecule has 1 aromatic carbocycles. The van der Waals surface area contributed by atoms with Gasteiger partial charge in [-0.3, -0.25) is 0 Å². The van der Waals surface area contributed by atoms with Crippen LogP contribution in [0.2, 0.25) is 0 Å². The van der Waals surface area contributed by atoms with Crippen molar-refractivity contribution >= 4 is 5.69 Å². The summed E-state index contributed by atoms with van der Waals surface area (Å²) in [6.07, 6.45) is 6.49. The molecule has 2 rings (SSSR count). The van der Waals surface area contributed by atoms with E-state index in [9.17, 15) is 0 Å². The normalized spacial score (nSPS) is 27.2. The van der Waals surface area contributed by atoms with Gasteiger partial charge in [0, 0.05) is 18.8 Å². The van der Waals surface area contributed by atoms with Crippen molar-refractivity contribution < 1.29 is 0 Å². The molecule has 2 N–H and O–H groups in total. The molecule has 0 heterocycles. The van der Waals surface area contributed by atoms with Gasteiger partial charge in [0.1, 0.15) is 0 Å². The smallest absolute Gasteiger partial charge is 0.0552 e. The summed E-state index contributed by atoms with van der Waals surface area (Å²) in [6.45, 7) is 6.39. The predicted octanol–water partition coefficient (Wildman–Crippen LogP) is 3.81. The van der Waals surface area contributed by atoms with E-state index in [0.29, 0.717) is 0 Å². The fourth-order valence-electron chi connectivity index (χ4n) is 3.98. The van der Waals surface area contributed by atoms with E-state index >= 15 is 0 Å². The highest BCUT2D eigenvalue weighted by Crippen LogP contribution is 2.41. The highest BCUT2D eigenvalue weighted by Gasteiger charge is 2.42.